The van der Waals surface area contributed by atoms with E-state index in [-0.39, 0.29) is 78.2 Å². The van der Waals surface area contributed by atoms with Crippen molar-refractivity contribution < 1.29 is 0 Å². The molecule has 0 fully saturated rings. The van der Waals surface area contributed by atoms with Crippen molar-refractivity contribution >= 4 is 78.2 Å². The minimum absolute atomic E-state index is 0. The normalized spacial score (nSPS) is 0. The minimum atomic E-state index is 0. The van der Waals surface area contributed by atoms with E-state index in [1.54, 1.807) is 0 Å². The van der Waals surface area contributed by atoms with Crippen molar-refractivity contribution in [2.75, 3.05) is 0 Å². The molecule has 0 aromatic rings. The molecule has 0 aromatic heterocycles. The van der Waals surface area contributed by atoms with Crippen molar-refractivity contribution in [3.63, 3.8) is 0 Å². The summed E-state index contributed by atoms with van der Waals surface area (Å²) >= 11 is 0. The maximum Gasteiger partial charge on any atom is 2.00 e. The van der Waals surface area contributed by atoms with Crippen LogP contribution in [0.5, 0.6) is 0 Å². The molecule has 4 heteroatoms. The summed E-state index contributed by atoms with van der Waals surface area (Å²) in [6.07, 6.45) is 0. The van der Waals surface area contributed by atoms with Crippen molar-refractivity contribution in [3.8, 4) is 0 Å². The van der Waals surface area contributed by atoms with Crippen molar-refractivity contribution in [1.82, 2.24) is 0 Å². The van der Waals surface area contributed by atoms with Crippen LogP contribution in [0.3, 0.4) is 0 Å². The standard InChI is InChI=1S/Ca.2H2S.S/h;2*1H2;/q+2;;;-2. The van der Waals surface area contributed by atoms with Gasteiger partial charge in [0.15, 0.2) is 0 Å². The van der Waals surface area contributed by atoms with Gasteiger partial charge in [0.1, 0.15) is 0 Å². The first-order valence-electron chi connectivity index (χ1n) is 0. The van der Waals surface area contributed by atoms with Crippen molar-refractivity contribution in [3.05, 3.63) is 0 Å². The molecule has 4 heavy (non-hydrogen) atoms. The van der Waals surface area contributed by atoms with Crippen LogP contribution in [0.25, 0.3) is 0 Å². The van der Waals surface area contributed by atoms with Crippen LogP contribution in [0.2, 0.25) is 0 Å². The summed E-state index contributed by atoms with van der Waals surface area (Å²) in [6, 6.07) is 0. The molecule has 0 rings (SSSR count). The smallest absolute Gasteiger partial charge is 2.00 e. The average Bonchev–Trinajstić information content (AvgIpc) is 0. The molecular weight excluding hydrogens is 136 g/mol. The van der Waals surface area contributed by atoms with E-state index in [0.29, 0.717) is 0 Å². The van der Waals surface area contributed by atoms with Gasteiger partial charge < -0.3 is 13.5 Å². The van der Waals surface area contributed by atoms with E-state index in [4.69, 9.17) is 0 Å². The zero-order valence-corrected chi connectivity index (χ0v) is 7.14. The quantitative estimate of drug-likeness (QED) is 0.410. The molecular formula is H4CaS3. The SMILES string of the molecule is S.S.[Ca+2].[S-2]. The molecule has 0 aliphatic rings. The molecule has 0 bridgehead atoms. The van der Waals surface area contributed by atoms with Crippen LogP contribution in [0.15, 0.2) is 0 Å². The topological polar surface area (TPSA) is 0 Å². The Morgan fingerprint density at radius 3 is 0.750 bits per heavy atom. The molecule has 0 aliphatic heterocycles. The van der Waals surface area contributed by atoms with Gasteiger partial charge in [0.2, 0.25) is 0 Å². The summed E-state index contributed by atoms with van der Waals surface area (Å²) in [6.45, 7) is 0. The third kappa shape index (κ3) is 8.85. The van der Waals surface area contributed by atoms with Crippen LogP contribution in [0, 0.1) is 0 Å². The molecule has 0 aliphatic carbocycles. The molecule has 0 nitrogen and oxygen atoms in total. The van der Waals surface area contributed by atoms with Crippen LogP contribution in [0.4, 0.5) is 0 Å². The molecule has 0 spiro atoms. The summed E-state index contributed by atoms with van der Waals surface area (Å²) in [5, 5.41) is 0. The van der Waals surface area contributed by atoms with Crippen LogP contribution >= 0.6 is 27.0 Å². The Morgan fingerprint density at radius 2 is 0.750 bits per heavy atom. The second kappa shape index (κ2) is 18.5. The van der Waals surface area contributed by atoms with Gasteiger partial charge in [-0.3, -0.25) is 0 Å². The molecule has 0 unspecified atom stereocenters. The molecule has 24 valence electrons. The third-order valence-corrected chi connectivity index (χ3v) is 0. The Hall–Kier alpha value is 2.31. The first kappa shape index (κ1) is 33.3. The van der Waals surface area contributed by atoms with Crippen LogP contribution in [-0.4, -0.2) is 37.7 Å². The van der Waals surface area contributed by atoms with Gasteiger partial charge in [-0.05, 0) is 0 Å². The van der Waals surface area contributed by atoms with E-state index in [9.17, 15) is 0 Å². The van der Waals surface area contributed by atoms with E-state index in [1.807, 2.05) is 0 Å². The van der Waals surface area contributed by atoms with Crippen molar-refractivity contribution in [1.29, 1.82) is 0 Å². The number of hydrogen-bond acceptors (Lipinski definition) is 0. The van der Waals surface area contributed by atoms with Gasteiger partial charge in [-0.1, -0.05) is 0 Å². The van der Waals surface area contributed by atoms with Crippen LogP contribution < -0.4 is 0 Å². The monoisotopic (exact) mass is 140 g/mol. The van der Waals surface area contributed by atoms with Crippen LogP contribution in [-0.2, 0) is 13.5 Å². The fraction of sp³-hybridized carbons (Fsp3) is 0. The van der Waals surface area contributed by atoms with E-state index in [2.05, 4.69) is 0 Å². The summed E-state index contributed by atoms with van der Waals surface area (Å²) in [7, 11) is 0. The Balaban J connectivity index is 0. The summed E-state index contributed by atoms with van der Waals surface area (Å²) in [5.74, 6) is 0. The first-order chi connectivity index (χ1) is 0. The minimum Gasteiger partial charge on any atom is -2.00 e. The molecule has 0 radical (unpaired) electrons. The third-order valence-electron chi connectivity index (χ3n) is 0. The van der Waals surface area contributed by atoms with E-state index >= 15 is 0 Å². The molecule has 0 heterocycles. The molecule has 0 N–H and O–H groups in total. The largest absolute Gasteiger partial charge is 2.00 e. The first-order valence-corrected chi connectivity index (χ1v) is 0. The maximum atomic E-state index is 0. The fourth-order valence-corrected chi connectivity index (χ4v) is 0. The molecule has 0 amide bonds. The van der Waals surface area contributed by atoms with Gasteiger partial charge in [0, 0.05) is 0 Å². The van der Waals surface area contributed by atoms with Gasteiger partial charge in [-0.15, -0.1) is 0 Å². The Labute approximate surface area is 77.1 Å². The van der Waals surface area contributed by atoms with E-state index < -0.39 is 0 Å². The average molecular weight is 140 g/mol. The second-order valence-corrected chi connectivity index (χ2v) is 0. The zero-order chi connectivity index (χ0) is 0. The summed E-state index contributed by atoms with van der Waals surface area (Å²) < 4.78 is 0. The predicted octanol–water partition coefficient (Wildman–Crippen LogP) is -0.158. The predicted molar refractivity (Wildman–Crippen MR) is 33.9 cm³/mol. The van der Waals surface area contributed by atoms with Gasteiger partial charge in [0.05, 0.1) is 0 Å². The van der Waals surface area contributed by atoms with Crippen molar-refractivity contribution in [2.45, 2.75) is 0 Å². The van der Waals surface area contributed by atoms with Gasteiger partial charge in [-0.25, -0.2) is 0 Å². The van der Waals surface area contributed by atoms with Gasteiger partial charge >= 0.3 is 37.7 Å². The second-order valence-electron chi connectivity index (χ2n) is 0. The van der Waals surface area contributed by atoms with Gasteiger partial charge in [-0.2, -0.15) is 27.0 Å². The number of hydrogen-bond donors (Lipinski definition) is 0. The molecule has 0 atom stereocenters. The number of rotatable bonds is 0. The summed E-state index contributed by atoms with van der Waals surface area (Å²) in [5.41, 5.74) is 0. The Kier molecular flexibility index (Phi) is 154. The fourth-order valence-electron chi connectivity index (χ4n) is 0. The molecule has 0 saturated heterocycles. The summed E-state index contributed by atoms with van der Waals surface area (Å²) in [4.78, 5) is 0. The van der Waals surface area contributed by atoms with E-state index in [1.165, 1.54) is 0 Å². The van der Waals surface area contributed by atoms with Crippen LogP contribution in [0.1, 0.15) is 0 Å². The zero-order valence-electron chi connectivity index (χ0n) is 2.12. The maximum absolute atomic E-state index is 0. The van der Waals surface area contributed by atoms with Crippen molar-refractivity contribution in [2.24, 2.45) is 0 Å². The molecule has 0 saturated carbocycles. The Morgan fingerprint density at radius 1 is 0.750 bits per heavy atom. The molecule has 0 aromatic carbocycles. The van der Waals surface area contributed by atoms with Gasteiger partial charge in [0.25, 0.3) is 0 Å². The Bertz CT molecular complexity index is 3.25. The van der Waals surface area contributed by atoms with E-state index in [0.717, 1.165) is 0 Å².